The Labute approximate surface area is 111 Å². The summed E-state index contributed by atoms with van der Waals surface area (Å²) in [5.74, 6) is -0.176. The first-order chi connectivity index (χ1) is 7.87. The fourth-order valence-corrected chi connectivity index (χ4v) is 1.96. The highest BCUT2D eigenvalue weighted by Crippen LogP contribution is 2.29. The van der Waals surface area contributed by atoms with Gasteiger partial charge in [-0.15, -0.1) is 0 Å². The summed E-state index contributed by atoms with van der Waals surface area (Å²) >= 11 is 11.8. The van der Waals surface area contributed by atoms with Gasteiger partial charge in [0.2, 0.25) is 5.91 Å². The number of hydrogen-bond donors (Lipinski definition) is 2. The number of rotatable bonds is 4. The first-order valence-electron chi connectivity index (χ1n) is 5.23. The maximum atomic E-state index is 11.9. The first-order valence-corrected chi connectivity index (χ1v) is 5.99. The predicted molar refractivity (Wildman–Crippen MR) is 69.6 cm³/mol. The fraction of sp³-hybridized carbons (Fsp3) is 0.417. The fourth-order valence-electron chi connectivity index (χ4n) is 1.44. The minimum atomic E-state index is -0.746. The molecule has 0 radical (unpaired) electrons. The number of aliphatic hydroxyl groups excluding tert-OH is 1. The van der Waals surface area contributed by atoms with Gasteiger partial charge in [-0.05, 0) is 37.6 Å². The summed E-state index contributed by atoms with van der Waals surface area (Å²) in [5.41, 5.74) is -0.00517. The van der Waals surface area contributed by atoms with Crippen LogP contribution < -0.4 is 5.32 Å². The summed E-state index contributed by atoms with van der Waals surface area (Å²) < 4.78 is 0. The van der Waals surface area contributed by atoms with E-state index in [1.165, 1.54) is 0 Å². The normalized spacial score (nSPS) is 11.4. The van der Waals surface area contributed by atoms with Gasteiger partial charge in [0.25, 0.3) is 0 Å². The van der Waals surface area contributed by atoms with Crippen molar-refractivity contribution in [3.05, 3.63) is 33.8 Å². The molecule has 0 spiro atoms. The molecule has 1 amide bonds. The monoisotopic (exact) mass is 275 g/mol. The largest absolute Gasteiger partial charge is 0.395 e. The van der Waals surface area contributed by atoms with Crippen LogP contribution in [0.25, 0.3) is 0 Å². The van der Waals surface area contributed by atoms with E-state index in [0.717, 1.165) is 5.56 Å². The lowest BCUT2D eigenvalue weighted by Crippen LogP contribution is -2.41. The third-order valence-corrected chi connectivity index (χ3v) is 2.99. The van der Waals surface area contributed by atoms with E-state index in [4.69, 9.17) is 28.3 Å². The van der Waals surface area contributed by atoms with Gasteiger partial charge < -0.3 is 10.4 Å². The molecule has 0 unspecified atom stereocenters. The Morgan fingerprint density at radius 2 is 1.82 bits per heavy atom. The molecule has 0 saturated heterocycles. The number of aliphatic hydroxyl groups is 1. The standard InChI is InChI=1S/C12H15Cl2NO2/c1-12(2,11(17)15-3-4-16)8-5-9(13)7-10(14)6-8/h5-7,16H,3-4H2,1-2H3,(H,15,17). The molecule has 0 aliphatic rings. The van der Waals surface area contributed by atoms with Gasteiger partial charge in [-0.3, -0.25) is 4.79 Å². The van der Waals surface area contributed by atoms with Crippen LogP contribution in [-0.4, -0.2) is 24.2 Å². The van der Waals surface area contributed by atoms with Crippen molar-refractivity contribution in [2.45, 2.75) is 19.3 Å². The summed E-state index contributed by atoms with van der Waals surface area (Å²) in [6.07, 6.45) is 0. The quantitative estimate of drug-likeness (QED) is 0.887. The molecule has 3 nitrogen and oxygen atoms in total. The predicted octanol–water partition coefficient (Wildman–Crippen LogP) is 2.38. The lowest BCUT2D eigenvalue weighted by atomic mass is 9.83. The van der Waals surface area contributed by atoms with Crippen molar-refractivity contribution in [1.29, 1.82) is 0 Å². The van der Waals surface area contributed by atoms with E-state index in [1.807, 2.05) is 0 Å². The number of carbonyl (C=O) groups excluding carboxylic acids is 1. The Morgan fingerprint density at radius 3 is 2.29 bits per heavy atom. The third-order valence-electron chi connectivity index (χ3n) is 2.55. The molecule has 2 N–H and O–H groups in total. The summed E-state index contributed by atoms with van der Waals surface area (Å²) in [4.78, 5) is 11.9. The zero-order chi connectivity index (χ0) is 13.1. The Bertz CT molecular complexity index is 399. The van der Waals surface area contributed by atoms with Crippen molar-refractivity contribution < 1.29 is 9.90 Å². The third kappa shape index (κ3) is 3.60. The van der Waals surface area contributed by atoms with Crippen LogP contribution in [0.15, 0.2) is 18.2 Å². The minimum absolute atomic E-state index is 0.0852. The molecular weight excluding hydrogens is 261 g/mol. The Balaban J connectivity index is 2.99. The molecule has 94 valence electrons. The van der Waals surface area contributed by atoms with E-state index < -0.39 is 5.41 Å². The van der Waals surface area contributed by atoms with Crippen LogP contribution in [0.1, 0.15) is 19.4 Å². The van der Waals surface area contributed by atoms with E-state index in [-0.39, 0.29) is 19.1 Å². The van der Waals surface area contributed by atoms with Gasteiger partial charge >= 0.3 is 0 Å². The van der Waals surface area contributed by atoms with Gasteiger partial charge in [0.05, 0.1) is 12.0 Å². The molecule has 1 aromatic carbocycles. The molecule has 1 aromatic rings. The maximum absolute atomic E-state index is 11.9. The zero-order valence-corrected chi connectivity index (χ0v) is 11.3. The number of carbonyl (C=O) groups is 1. The van der Waals surface area contributed by atoms with Gasteiger partial charge in [0.1, 0.15) is 0 Å². The highest BCUT2D eigenvalue weighted by Gasteiger charge is 2.29. The van der Waals surface area contributed by atoms with Gasteiger partial charge in [-0.25, -0.2) is 0 Å². The van der Waals surface area contributed by atoms with Gasteiger partial charge in [0.15, 0.2) is 0 Å². The van der Waals surface area contributed by atoms with Crippen LogP contribution in [0.2, 0.25) is 10.0 Å². The molecule has 0 saturated carbocycles. The summed E-state index contributed by atoms with van der Waals surface area (Å²) in [5, 5.41) is 12.3. The van der Waals surface area contributed by atoms with E-state index in [2.05, 4.69) is 5.32 Å². The lowest BCUT2D eigenvalue weighted by molar-refractivity contribution is -0.125. The van der Waals surface area contributed by atoms with Gasteiger partial charge in [-0.1, -0.05) is 23.2 Å². The second kappa shape index (κ2) is 5.71. The molecular formula is C12H15Cl2NO2. The number of nitrogens with one attached hydrogen (secondary N) is 1. The molecule has 0 aromatic heterocycles. The Hall–Kier alpha value is -0.770. The molecule has 17 heavy (non-hydrogen) atoms. The van der Waals surface area contributed by atoms with Crippen molar-refractivity contribution in [1.82, 2.24) is 5.32 Å². The molecule has 1 rings (SSSR count). The van der Waals surface area contributed by atoms with E-state index >= 15 is 0 Å². The molecule has 0 aliphatic heterocycles. The number of hydrogen-bond acceptors (Lipinski definition) is 2. The minimum Gasteiger partial charge on any atom is -0.395 e. The van der Waals surface area contributed by atoms with Crippen molar-refractivity contribution in [3.8, 4) is 0 Å². The van der Waals surface area contributed by atoms with Crippen LogP contribution in [0.3, 0.4) is 0 Å². The molecule has 5 heteroatoms. The first kappa shape index (κ1) is 14.3. The van der Waals surface area contributed by atoms with Crippen molar-refractivity contribution >= 4 is 29.1 Å². The summed E-state index contributed by atoms with van der Waals surface area (Å²) in [7, 11) is 0. The molecule has 0 atom stereocenters. The molecule has 0 bridgehead atoms. The average Bonchev–Trinajstić information content (AvgIpc) is 2.24. The zero-order valence-electron chi connectivity index (χ0n) is 9.76. The van der Waals surface area contributed by atoms with Crippen LogP contribution in [0.5, 0.6) is 0 Å². The van der Waals surface area contributed by atoms with Crippen molar-refractivity contribution in [2.75, 3.05) is 13.2 Å². The highest BCUT2D eigenvalue weighted by atomic mass is 35.5. The maximum Gasteiger partial charge on any atom is 0.230 e. The van der Waals surface area contributed by atoms with E-state index in [0.29, 0.717) is 10.0 Å². The Morgan fingerprint density at radius 1 is 1.29 bits per heavy atom. The molecule has 0 aliphatic carbocycles. The topological polar surface area (TPSA) is 49.3 Å². The average molecular weight is 276 g/mol. The number of amides is 1. The SMILES string of the molecule is CC(C)(C(=O)NCCO)c1cc(Cl)cc(Cl)c1. The molecule has 0 fully saturated rings. The van der Waals surface area contributed by atoms with Crippen LogP contribution in [0.4, 0.5) is 0 Å². The second-order valence-electron chi connectivity index (χ2n) is 4.26. The highest BCUT2D eigenvalue weighted by molar-refractivity contribution is 6.34. The number of halogens is 2. The smallest absolute Gasteiger partial charge is 0.230 e. The summed E-state index contributed by atoms with van der Waals surface area (Å²) in [6, 6.07) is 5.05. The molecule has 0 heterocycles. The Kier molecular flexibility index (Phi) is 4.80. The van der Waals surface area contributed by atoms with E-state index in [9.17, 15) is 4.79 Å². The van der Waals surface area contributed by atoms with Crippen LogP contribution in [0, 0.1) is 0 Å². The van der Waals surface area contributed by atoms with Gasteiger partial charge in [0, 0.05) is 16.6 Å². The van der Waals surface area contributed by atoms with Crippen molar-refractivity contribution in [3.63, 3.8) is 0 Å². The van der Waals surface area contributed by atoms with Crippen molar-refractivity contribution in [2.24, 2.45) is 0 Å². The summed E-state index contributed by atoms with van der Waals surface area (Å²) in [6.45, 7) is 3.71. The van der Waals surface area contributed by atoms with Crippen LogP contribution in [-0.2, 0) is 10.2 Å². The van der Waals surface area contributed by atoms with E-state index in [1.54, 1.807) is 32.0 Å². The van der Waals surface area contributed by atoms with Crippen LogP contribution >= 0.6 is 23.2 Å². The lowest BCUT2D eigenvalue weighted by Gasteiger charge is -2.24. The van der Waals surface area contributed by atoms with Gasteiger partial charge in [-0.2, -0.15) is 0 Å². The second-order valence-corrected chi connectivity index (χ2v) is 5.14. The number of benzene rings is 1.